The zero-order valence-electron chi connectivity index (χ0n) is 14.7. The summed E-state index contributed by atoms with van der Waals surface area (Å²) in [7, 11) is 0. The molecule has 5 nitrogen and oxygen atoms in total. The molecule has 0 saturated carbocycles. The van der Waals surface area contributed by atoms with Crippen molar-refractivity contribution in [3.8, 4) is 0 Å². The van der Waals surface area contributed by atoms with E-state index in [0.717, 1.165) is 53.9 Å². The number of amides is 2. The highest BCUT2D eigenvalue weighted by molar-refractivity contribution is 7.99. The lowest BCUT2D eigenvalue weighted by Gasteiger charge is -2.26. The Morgan fingerprint density at radius 3 is 2.50 bits per heavy atom. The molecule has 0 aliphatic carbocycles. The minimum absolute atomic E-state index is 0. The van der Waals surface area contributed by atoms with Crippen molar-refractivity contribution >= 4 is 53.4 Å². The predicted molar refractivity (Wildman–Crippen MR) is 114 cm³/mol. The van der Waals surface area contributed by atoms with Gasteiger partial charge in [-0.15, -0.1) is 12.4 Å². The molecule has 1 aromatic rings. The summed E-state index contributed by atoms with van der Waals surface area (Å²) in [6, 6.07) is 7.89. The van der Waals surface area contributed by atoms with Crippen molar-refractivity contribution in [1.82, 2.24) is 10.2 Å². The topological polar surface area (TPSA) is 61.4 Å². The van der Waals surface area contributed by atoms with Gasteiger partial charge in [-0.25, -0.2) is 0 Å². The van der Waals surface area contributed by atoms with Gasteiger partial charge in [-0.3, -0.25) is 9.59 Å². The maximum Gasteiger partial charge on any atom is 0.227 e. The van der Waals surface area contributed by atoms with E-state index in [4.69, 9.17) is 0 Å². The van der Waals surface area contributed by atoms with E-state index < -0.39 is 0 Å². The van der Waals surface area contributed by atoms with Gasteiger partial charge in [0.05, 0.1) is 6.42 Å². The Balaban J connectivity index is 0.00000243. The van der Waals surface area contributed by atoms with Gasteiger partial charge in [0.15, 0.2) is 0 Å². The smallest absolute Gasteiger partial charge is 0.227 e. The number of carbonyl (C=O) groups excluding carboxylic acids is 2. The zero-order valence-corrected chi connectivity index (χ0v) is 17.2. The first-order valence-corrected chi connectivity index (χ1v) is 11.1. The third kappa shape index (κ3) is 6.68. The van der Waals surface area contributed by atoms with Crippen molar-refractivity contribution in [2.45, 2.75) is 18.9 Å². The number of hydrogen-bond acceptors (Lipinski definition) is 5. The average Bonchev–Trinajstić information content (AvgIpc) is 2.65. The maximum absolute atomic E-state index is 12.3. The minimum atomic E-state index is 0. The standard InChI is InChI=1S/C18H25N3O2S2.ClH/c22-17(12-16-13-25-8-5-19-16)20-15-3-1-14(2-4-15)11-18(23)21-6-9-24-10-7-21;/h1-4,16,19H,5-13H2,(H,20,22);1H. The highest BCUT2D eigenvalue weighted by Gasteiger charge is 2.18. The van der Waals surface area contributed by atoms with Crippen LogP contribution in [0, 0.1) is 0 Å². The molecule has 2 amide bonds. The van der Waals surface area contributed by atoms with Crippen molar-refractivity contribution in [2.24, 2.45) is 0 Å². The molecule has 0 bridgehead atoms. The third-order valence-corrected chi connectivity index (χ3v) is 6.46. The number of carbonyl (C=O) groups is 2. The van der Waals surface area contributed by atoms with Gasteiger partial charge in [0.2, 0.25) is 11.8 Å². The van der Waals surface area contributed by atoms with Gasteiger partial charge in [0.25, 0.3) is 0 Å². The molecular formula is C18H26ClN3O2S2. The van der Waals surface area contributed by atoms with Crippen LogP contribution in [0.1, 0.15) is 12.0 Å². The number of benzene rings is 1. The second kappa shape index (κ2) is 11.1. The monoisotopic (exact) mass is 415 g/mol. The lowest BCUT2D eigenvalue weighted by atomic mass is 10.1. The number of nitrogens with zero attached hydrogens (tertiary/aromatic N) is 1. The Kier molecular flexibility index (Phi) is 9.11. The lowest BCUT2D eigenvalue weighted by Crippen LogP contribution is -2.39. The van der Waals surface area contributed by atoms with Crippen LogP contribution >= 0.6 is 35.9 Å². The van der Waals surface area contributed by atoms with Crippen LogP contribution in [-0.2, 0) is 16.0 Å². The van der Waals surface area contributed by atoms with E-state index >= 15 is 0 Å². The first-order valence-electron chi connectivity index (χ1n) is 8.76. The van der Waals surface area contributed by atoms with Crippen molar-refractivity contribution in [1.29, 1.82) is 0 Å². The molecule has 1 aromatic carbocycles. The number of thioether (sulfide) groups is 2. The van der Waals surface area contributed by atoms with Crippen LogP contribution in [-0.4, -0.2) is 65.4 Å². The fourth-order valence-electron chi connectivity index (χ4n) is 2.99. The molecule has 1 unspecified atom stereocenters. The first kappa shape index (κ1) is 21.4. The fraction of sp³-hybridized carbons (Fsp3) is 0.556. The van der Waals surface area contributed by atoms with Crippen LogP contribution in [0.15, 0.2) is 24.3 Å². The van der Waals surface area contributed by atoms with Gasteiger partial charge in [-0.1, -0.05) is 12.1 Å². The number of anilines is 1. The Bertz CT molecular complexity index is 589. The zero-order chi connectivity index (χ0) is 17.5. The Hall–Kier alpha value is -0.890. The second-order valence-corrected chi connectivity index (χ2v) is 8.72. The molecule has 2 fully saturated rings. The summed E-state index contributed by atoms with van der Waals surface area (Å²) >= 11 is 3.79. The summed E-state index contributed by atoms with van der Waals surface area (Å²) < 4.78 is 0. The van der Waals surface area contributed by atoms with E-state index in [1.54, 1.807) is 0 Å². The molecule has 2 saturated heterocycles. The third-order valence-electron chi connectivity index (χ3n) is 4.39. The summed E-state index contributed by atoms with van der Waals surface area (Å²) in [5.74, 6) is 4.40. The highest BCUT2D eigenvalue weighted by Crippen LogP contribution is 2.15. The molecule has 26 heavy (non-hydrogen) atoms. The van der Waals surface area contributed by atoms with Gasteiger partial charge in [-0.05, 0) is 17.7 Å². The van der Waals surface area contributed by atoms with Crippen LogP contribution in [0.4, 0.5) is 5.69 Å². The van der Waals surface area contributed by atoms with E-state index in [-0.39, 0.29) is 30.3 Å². The number of nitrogens with one attached hydrogen (secondary N) is 2. The van der Waals surface area contributed by atoms with E-state index in [0.29, 0.717) is 12.8 Å². The summed E-state index contributed by atoms with van der Waals surface area (Å²) in [4.78, 5) is 26.4. The number of halogens is 1. The quantitative estimate of drug-likeness (QED) is 0.772. The fourth-order valence-corrected chi connectivity index (χ4v) is 4.84. The molecule has 2 aliphatic rings. The molecule has 0 radical (unpaired) electrons. The van der Waals surface area contributed by atoms with Crippen LogP contribution < -0.4 is 10.6 Å². The lowest BCUT2D eigenvalue weighted by molar-refractivity contribution is -0.130. The number of rotatable bonds is 5. The Morgan fingerprint density at radius 1 is 1.12 bits per heavy atom. The molecule has 2 heterocycles. The van der Waals surface area contributed by atoms with Crippen LogP contribution in [0.2, 0.25) is 0 Å². The van der Waals surface area contributed by atoms with Crippen molar-refractivity contribution in [2.75, 3.05) is 48.0 Å². The van der Waals surface area contributed by atoms with E-state index in [1.807, 2.05) is 52.7 Å². The molecule has 2 aliphatic heterocycles. The molecule has 0 spiro atoms. The predicted octanol–water partition coefficient (Wildman–Crippen LogP) is 2.26. The van der Waals surface area contributed by atoms with Gasteiger partial charge >= 0.3 is 0 Å². The van der Waals surface area contributed by atoms with Crippen molar-refractivity contribution in [3.05, 3.63) is 29.8 Å². The van der Waals surface area contributed by atoms with E-state index in [2.05, 4.69) is 10.6 Å². The van der Waals surface area contributed by atoms with Gasteiger partial charge in [0, 0.05) is 60.8 Å². The number of hydrogen-bond donors (Lipinski definition) is 2. The highest BCUT2D eigenvalue weighted by atomic mass is 35.5. The summed E-state index contributed by atoms with van der Waals surface area (Å²) in [5.41, 5.74) is 1.78. The van der Waals surface area contributed by atoms with E-state index in [1.165, 1.54) is 0 Å². The Labute approximate surface area is 169 Å². The van der Waals surface area contributed by atoms with Gasteiger partial charge in [0.1, 0.15) is 0 Å². The molecular weight excluding hydrogens is 390 g/mol. The summed E-state index contributed by atoms with van der Waals surface area (Å²) in [5, 5.41) is 6.32. The van der Waals surface area contributed by atoms with Crippen LogP contribution in [0.25, 0.3) is 0 Å². The van der Waals surface area contributed by atoms with Crippen LogP contribution in [0.3, 0.4) is 0 Å². The second-order valence-electron chi connectivity index (χ2n) is 6.35. The average molecular weight is 416 g/mol. The van der Waals surface area contributed by atoms with E-state index in [9.17, 15) is 9.59 Å². The Morgan fingerprint density at radius 2 is 1.85 bits per heavy atom. The molecule has 3 rings (SSSR count). The van der Waals surface area contributed by atoms with Gasteiger partial charge < -0.3 is 15.5 Å². The van der Waals surface area contributed by atoms with Crippen molar-refractivity contribution < 1.29 is 9.59 Å². The largest absolute Gasteiger partial charge is 0.341 e. The molecule has 144 valence electrons. The van der Waals surface area contributed by atoms with Crippen molar-refractivity contribution in [3.63, 3.8) is 0 Å². The molecule has 1 atom stereocenters. The summed E-state index contributed by atoms with van der Waals surface area (Å²) in [6.45, 7) is 2.68. The SMILES string of the molecule is Cl.O=C(CC1CSCCN1)Nc1ccc(CC(=O)N2CCSCC2)cc1. The maximum atomic E-state index is 12.3. The molecule has 2 N–H and O–H groups in total. The first-order chi connectivity index (χ1) is 12.2. The summed E-state index contributed by atoms with van der Waals surface area (Å²) in [6.07, 6.45) is 0.933. The van der Waals surface area contributed by atoms with Crippen LogP contribution in [0.5, 0.6) is 0 Å². The minimum Gasteiger partial charge on any atom is -0.341 e. The van der Waals surface area contributed by atoms with Gasteiger partial charge in [-0.2, -0.15) is 23.5 Å². The molecule has 0 aromatic heterocycles. The normalized spacial score (nSPS) is 20.2. The molecule has 8 heteroatoms.